The van der Waals surface area contributed by atoms with E-state index in [-0.39, 0.29) is 18.9 Å². The minimum Gasteiger partial charge on any atom is -0.493 e. The summed E-state index contributed by atoms with van der Waals surface area (Å²) in [6.07, 6.45) is 1.05. The molecule has 0 saturated heterocycles. The van der Waals surface area contributed by atoms with Crippen molar-refractivity contribution in [3.63, 3.8) is 0 Å². The molecule has 4 aromatic rings. The highest BCUT2D eigenvalue weighted by Crippen LogP contribution is 2.32. The molecule has 1 N–H and O–H groups in total. The molecule has 7 nitrogen and oxygen atoms in total. The molecule has 0 spiro atoms. The van der Waals surface area contributed by atoms with Crippen LogP contribution in [0.3, 0.4) is 0 Å². The lowest BCUT2D eigenvalue weighted by Crippen LogP contribution is -2.19. The van der Waals surface area contributed by atoms with E-state index in [9.17, 15) is 9.59 Å². The molecule has 0 saturated carbocycles. The Labute approximate surface area is 169 Å². The Morgan fingerprint density at radius 3 is 3.07 bits per heavy atom. The van der Waals surface area contributed by atoms with Crippen molar-refractivity contribution < 1.29 is 13.9 Å². The van der Waals surface area contributed by atoms with Crippen molar-refractivity contribution in [3.8, 4) is 17.0 Å². The highest BCUT2D eigenvalue weighted by Gasteiger charge is 2.15. The third-order valence-corrected chi connectivity index (χ3v) is 5.63. The number of amides is 1. The Bertz CT molecular complexity index is 1270. The number of hydrogen-bond donors (Lipinski definition) is 1. The second-order valence-corrected chi connectivity index (χ2v) is 7.60. The molecule has 0 unspecified atom stereocenters. The van der Waals surface area contributed by atoms with Crippen LogP contribution in [0.15, 0.2) is 57.1 Å². The number of benzene rings is 2. The minimum absolute atomic E-state index is 0.147. The number of ether oxygens (including phenoxy) is 1. The van der Waals surface area contributed by atoms with Crippen LogP contribution < -0.4 is 15.8 Å². The molecule has 0 bridgehead atoms. The fraction of sp³-hybridized carbons (Fsp3) is 0.190. The van der Waals surface area contributed by atoms with Gasteiger partial charge in [-0.1, -0.05) is 12.1 Å². The summed E-state index contributed by atoms with van der Waals surface area (Å²) < 4.78 is 12.2. The van der Waals surface area contributed by atoms with Crippen LogP contribution in [0.5, 0.6) is 5.75 Å². The van der Waals surface area contributed by atoms with Crippen molar-refractivity contribution in [1.29, 1.82) is 0 Å². The van der Waals surface area contributed by atoms with E-state index in [1.54, 1.807) is 18.2 Å². The van der Waals surface area contributed by atoms with E-state index < -0.39 is 5.76 Å². The standard InChI is InChI=1S/C21H17N3O4S/c25-19(7-9-24-16-3-1-2-4-18(16)28-21(24)26)23-20-22-15(12-29-20)13-5-6-17-14(11-13)8-10-27-17/h1-6,11-12H,7-10H2,(H,22,23,25). The average Bonchev–Trinajstić information content (AvgIpc) is 3.44. The number of anilines is 1. The SMILES string of the molecule is O=C(CCn1c(=O)oc2ccccc21)Nc1nc(-c2ccc3c(c2)CCO3)cs1. The predicted octanol–water partition coefficient (Wildman–Crippen LogP) is 3.68. The maximum Gasteiger partial charge on any atom is 0.419 e. The number of hydrogen-bond acceptors (Lipinski definition) is 6. The zero-order valence-corrected chi connectivity index (χ0v) is 16.2. The Morgan fingerprint density at radius 1 is 1.24 bits per heavy atom. The molecule has 146 valence electrons. The molecule has 0 radical (unpaired) electrons. The average molecular weight is 407 g/mol. The molecule has 3 heterocycles. The van der Waals surface area contributed by atoms with E-state index in [1.165, 1.54) is 21.5 Å². The van der Waals surface area contributed by atoms with Crippen LogP contribution in [0.1, 0.15) is 12.0 Å². The first-order valence-electron chi connectivity index (χ1n) is 9.27. The third kappa shape index (κ3) is 3.42. The van der Waals surface area contributed by atoms with E-state index in [0.717, 1.165) is 23.4 Å². The molecule has 1 amide bonds. The number of aromatic nitrogens is 2. The van der Waals surface area contributed by atoms with Crippen molar-refractivity contribution in [3.05, 3.63) is 64.0 Å². The van der Waals surface area contributed by atoms with Gasteiger partial charge in [0.15, 0.2) is 10.7 Å². The topological polar surface area (TPSA) is 86.4 Å². The highest BCUT2D eigenvalue weighted by molar-refractivity contribution is 7.14. The Balaban J connectivity index is 1.26. The van der Waals surface area contributed by atoms with Crippen LogP contribution in [0.4, 0.5) is 5.13 Å². The van der Waals surface area contributed by atoms with Gasteiger partial charge in [0.1, 0.15) is 5.75 Å². The number of carbonyl (C=O) groups excluding carboxylic acids is 1. The first-order valence-corrected chi connectivity index (χ1v) is 10.2. The quantitative estimate of drug-likeness (QED) is 0.545. The molecule has 0 fully saturated rings. The summed E-state index contributed by atoms with van der Waals surface area (Å²) in [7, 11) is 0. The molecule has 8 heteroatoms. The molecule has 29 heavy (non-hydrogen) atoms. The third-order valence-electron chi connectivity index (χ3n) is 4.87. The summed E-state index contributed by atoms with van der Waals surface area (Å²) in [5.41, 5.74) is 4.20. The van der Waals surface area contributed by atoms with Gasteiger partial charge in [0.2, 0.25) is 5.91 Å². The maximum absolute atomic E-state index is 12.3. The van der Waals surface area contributed by atoms with Gasteiger partial charge in [-0.2, -0.15) is 0 Å². The van der Waals surface area contributed by atoms with Crippen LogP contribution >= 0.6 is 11.3 Å². The van der Waals surface area contributed by atoms with E-state index in [2.05, 4.69) is 16.4 Å². The Hall–Kier alpha value is -3.39. The lowest BCUT2D eigenvalue weighted by molar-refractivity contribution is -0.116. The second kappa shape index (κ2) is 7.21. The van der Waals surface area contributed by atoms with Crippen molar-refractivity contribution >= 4 is 33.5 Å². The first kappa shape index (κ1) is 17.7. The van der Waals surface area contributed by atoms with Gasteiger partial charge in [-0.15, -0.1) is 11.3 Å². The summed E-state index contributed by atoms with van der Waals surface area (Å²) in [4.78, 5) is 28.9. The molecule has 0 atom stereocenters. The summed E-state index contributed by atoms with van der Waals surface area (Å²) in [5, 5.41) is 5.26. The molecular weight excluding hydrogens is 390 g/mol. The number of oxazole rings is 1. The number of nitrogens with one attached hydrogen (secondary N) is 1. The fourth-order valence-corrected chi connectivity index (χ4v) is 4.17. The molecular formula is C21H17N3O4S. The van der Waals surface area contributed by atoms with Gasteiger partial charge >= 0.3 is 5.76 Å². The second-order valence-electron chi connectivity index (χ2n) is 6.74. The van der Waals surface area contributed by atoms with Gasteiger partial charge in [0.05, 0.1) is 17.8 Å². The predicted molar refractivity (Wildman–Crippen MR) is 110 cm³/mol. The number of thiazole rings is 1. The van der Waals surface area contributed by atoms with E-state index >= 15 is 0 Å². The summed E-state index contributed by atoms with van der Waals surface area (Å²) >= 11 is 1.37. The van der Waals surface area contributed by atoms with Crippen LogP contribution in [0, 0.1) is 0 Å². The fourth-order valence-electron chi connectivity index (χ4n) is 3.43. The van der Waals surface area contributed by atoms with Gasteiger partial charge < -0.3 is 14.5 Å². The number of nitrogens with zero attached hydrogens (tertiary/aromatic N) is 2. The van der Waals surface area contributed by atoms with E-state index in [4.69, 9.17) is 9.15 Å². The highest BCUT2D eigenvalue weighted by atomic mass is 32.1. The first-order chi connectivity index (χ1) is 14.2. The van der Waals surface area contributed by atoms with Crippen LogP contribution in [-0.2, 0) is 17.8 Å². The zero-order valence-electron chi connectivity index (χ0n) is 15.4. The number of carbonyl (C=O) groups is 1. The van der Waals surface area contributed by atoms with E-state index in [0.29, 0.717) is 22.8 Å². The van der Waals surface area contributed by atoms with Crippen molar-refractivity contribution in [2.45, 2.75) is 19.4 Å². The monoisotopic (exact) mass is 407 g/mol. The molecule has 1 aliphatic heterocycles. The summed E-state index contributed by atoms with van der Waals surface area (Å²) in [6.45, 7) is 0.955. The Kier molecular flexibility index (Phi) is 4.40. The number of rotatable bonds is 5. The van der Waals surface area contributed by atoms with E-state index in [1.807, 2.05) is 23.6 Å². The molecule has 1 aliphatic rings. The minimum atomic E-state index is -0.462. The molecule has 2 aromatic carbocycles. The summed E-state index contributed by atoms with van der Waals surface area (Å²) in [6, 6.07) is 13.2. The largest absolute Gasteiger partial charge is 0.493 e. The van der Waals surface area contributed by atoms with Crippen molar-refractivity contribution in [1.82, 2.24) is 9.55 Å². The number of fused-ring (bicyclic) bond motifs is 2. The Morgan fingerprint density at radius 2 is 2.14 bits per heavy atom. The number of para-hydroxylation sites is 2. The van der Waals surface area contributed by atoms with Crippen LogP contribution in [-0.4, -0.2) is 22.1 Å². The lowest BCUT2D eigenvalue weighted by Gasteiger charge is -2.03. The number of aryl methyl sites for hydroxylation is 1. The van der Waals surface area contributed by atoms with Gasteiger partial charge in [-0.05, 0) is 35.9 Å². The molecule has 5 rings (SSSR count). The van der Waals surface area contributed by atoms with Gasteiger partial charge in [-0.3, -0.25) is 9.36 Å². The molecule has 2 aromatic heterocycles. The maximum atomic E-state index is 12.3. The smallest absolute Gasteiger partial charge is 0.419 e. The van der Waals surface area contributed by atoms with Crippen LogP contribution in [0.2, 0.25) is 0 Å². The normalized spacial score (nSPS) is 12.7. The van der Waals surface area contributed by atoms with Gasteiger partial charge in [0, 0.05) is 30.3 Å². The summed E-state index contributed by atoms with van der Waals surface area (Å²) in [5.74, 6) is 0.265. The lowest BCUT2D eigenvalue weighted by atomic mass is 10.1. The van der Waals surface area contributed by atoms with Crippen molar-refractivity contribution in [2.75, 3.05) is 11.9 Å². The van der Waals surface area contributed by atoms with Crippen LogP contribution in [0.25, 0.3) is 22.4 Å². The van der Waals surface area contributed by atoms with Gasteiger partial charge in [-0.25, -0.2) is 9.78 Å². The van der Waals surface area contributed by atoms with Gasteiger partial charge in [0.25, 0.3) is 0 Å². The zero-order chi connectivity index (χ0) is 19.8. The molecule has 0 aliphatic carbocycles. The van der Waals surface area contributed by atoms with Crippen molar-refractivity contribution in [2.24, 2.45) is 0 Å².